The lowest BCUT2D eigenvalue weighted by atomic mass is 10.0. The van der Waals surface area contributed by atoms with E-state index < -0.39 is 0 Å². The molecule has 0 aromatic heterocycles. The largest absolute Gasteiger partial charge is 0.307 e. The van der Waals surface area contributed by atoms with Gasteiger partial charge in [0.15, 0.2) is 0 Å². The summed E-state index contributed by atoms with van der Waals surface area (Å²) < 4.78 is 0. The van der Waals surface area contributed by atoms with E-state index >= 15 is 0 Å². The van der Waals surface area contributed by atoms with Crippen molar-refractivity contribution in [1.29, 1.82) is 0 Å². The molecule has 3 atom stereocenters. The molecule has 17 heavy (non-hydrogen) atoms. The van der Waals surface area contributed by atoms with Gasteiger partial charge >= 0.3 is 0 Å². The summed E-state index contributed by atoms with van der Waals surface area (Å²) in [7, 11) is 0. The van der Waals surface area contributed by atoms with Gasteiger partial charge in [-0.05, 0) is 51.5 Å². The van der Waals surface area contributed by atoms with Gasteiger partial charge in [0.05, 0.1) is 0 Å². The monoisotopic (exact) mass is 231 g/mol. The van der Waals surface area contributed by atoms with E-state index in [9.17, 15) is 0 Å². The van der Waals surface area contributed by atoms with Crippen molar-refractivity contribution in [2.75, 3.05) is 0 Å². The number of aryl methyl sites for hydroxylation is 2. The zero-order valence-corrected chi connectivity index (χ0v) is 11.6. The van der Waals surface area contributed by atoms with Gasteiger partial charge in [-0.1, -0.05) is 36.2 Å². The SMILES string of the molecule is Cc1cc(C)cc(C(C)NC2CCC(C)C2)c1. The van der Waals surface area contributed by atoms with Gasteiger partial charge in [0.1, 0.15) is 0 Å². The molecule has 1 aromatic carbocycles. The molecule has 0 amide bonds. The Morgan fingerprint density at radius 3 is 2.29 bits per heavy atom. The molecule has 1 saturated carbocycles. The van der Waals surface area contributed by atoms with E-state index in [1.807, 2.05) is 0 Å². The van der Waals surface area contributed by atoms with E-state index in [4.69, 9.17) is 0 Å². The summed E-state index contributed by atoms with van der Waals surface area (Å²) in [6.07, 6.45) is 4.07. The van der Waals surface area contributed by atoms with Gasteiger partial charge in [0, 0.05) is 12.1 Å². The van der Waals surface area contributed by atoms with E-state index in [0.29, 0.717) is 6.04 Å². The molecule has 0 aliphatic heterocycles. The van der Waals surface area contributed by atoms with Crippen LogP contribution in [0.3, 0.4) is 0 Å². The first-order valence-electron chi connectivity index (χ1n) is 6.89. The fraction of sp³-hybridized carbons (Fsp3) is 0.625. The summed E-state index contributed by atoms with van der Waals surface area (Å²) in [6, 6.07) is 8.06. The molecule has 1 heteroatoms. The van der Waals surface area contributed by atoms with Crippen molar-refractivity contribution in [3.05, 3.63) is 34.9 Å². The molecule has 1 aliphatic rings. The molecular weight excluding hydrogens is 206 g/mol. The topological polar surface area (TPSA) is 12.0 Å². The van der Waals surface area contributed by atoms with Gasteiger partial charge in [-0.25, -0.2) is 0 Å². The molecule has 1 aromatic rings. The van der Waals surface area contributed by atoms with Gasteiger partial charge in [-0.15, -0.1) is 0 Å². The first kappa shape index (κ1) is 12.6. The van der Waals surface area contributed by atoms with E-state index in [1.54, 1.807) is 0 Å². The van der Waals surface area contributed by atoms with Crippen molar-refractivity contribution < 1.29 is 0 Å². The molecule has 0 saturated heterocycles. The Bertz CT molecular complexity index is 363. The maximum Gasteiger partial charge on any atom is 0.0294 e. The normalized spacial score (nSPS) is 26.1. The van der Waals surface area contributed by atoms with Crippen molar-refractivity contribution >= 4 is 0 Å². The predicted molar refractivity (Wildman–Crippen MR) is 74.3 cm³/mol. The van der Waals surface area contributed by atoms with Crippen LogP contribution in [0.4, 0.5) is 0 Å². The van der Waals surface area contributed by atoms with E-state index in [0.717, 1.165) is 12.0 Å². The highest BCUT2D eigenvalue weighted by molar-refractivity contribution is 5.30. The van der Waals surface area contributed by atoms with Crippen molar-refractivity contribution in [1.82, 2.24) is 5.32 Å². The Labute approximate surface area is 106 Å². The first-order chi connectivity index (χ1) is 8.04. The summed E-state index contributed by atoms with van der Waals surface area (Å²) in [5.74, 6) is 0.902. The Kier molecular flexibility index (Phi) is 3.88. The smallest absolute Gasteiger partial charge is 0.0294 e. The summed E-state index contributed by atoms with van der Waals surface area (Å²) in [6.45, 7) is 9.02. The zero-order valence-electron chi connectivity index (χ0n) is 11.6. The van der Waals surface area contributed by atoms with Crippen LogP contribution in [0.5, 0.6) is 0 Å². The van der Waals surface area contributed by atoms with E-state index in [1.165, 1.54) is 36.0 Å². The minimum Gasteiger partial charge on any atom is -0.307 e. The quantitative estimate of drug-likeness (QED) is 0.824. The molecule has 0 heterocycles. The van der Waals surface area contributed by atoms with Crippen LogP contribution < -0.4 is 5.32 Å². The average Bonchev–Trinajstić information content (AvgIpc) is 2.62. The zero-order chi connectivity index (χ0) is 12.4. The Morgan fingerprint density at radius 2 is 1.76 bits per heavy atom. The maximum atomic E-state index is 3.78. The fourth-order valence-corrected chi connectivity index (χ4v) is 3.07. The highest BCUT2D eigenvalue weighted by Gasteiger charge is 2.22. The van der Waals surface area contributed by atoms with Crippen molar-refractivity contribution in [2.45, 2.75) is 59.0 Å². The minimum atomic E-state index is 0.476. The molecule has 1 fully saturated rings. The summed E-state index contributed by atoms with van der Waals surface area (Å²) >= 11 is 0. The minimum absolute atomic E-state index is 0.476. The van der Waals surface area contributed by atoms with Crippen LogP contribution in [0.2, 0.25) is 0 Å². The van der Waals surface area contributed by atoms with Gasteiger partial charge < -0.3 is 5.32 Å². The van der Waals surface area contributed by atoms with Crippen LogP contribution in [0.15, 0.2) is 18.2 Å². The third-order valence-electron chi connectivity index (χ3n) is 3.92. The third-order valence-corrected chi connectivity index (χ3v) is 3.92. The summed E-state index contributed by atoms with van der Waals surface area (Å²) in [5, 5.41) is 3.78. The van der Waals surface area contributed by atoms with Crippen LogP contribution in [0, 0.1) is 19.8 Å². The van der Waals surface area contributed by atoms with Crippen LogP contribution in [0.1, 0.15) is 55.8 Å². The van der Waals surface area contributed by atoms with Crippen LogP contribution in [-0.2, 0) is 0 Å². The molecule has 1 aliphatic carbocycles. The molecule has 0 radical (unpaired) electrons. The molecule has 3 unspecified atom stereocenters. The van der Waals surface area contributed by atoms with Gasteiger partial charge in [-0.3, -0.25) is 0 Å². The molecule has 0 spiro atoms. The molecule has 0 bridgehead atoms. The van der Waals surface area contributed by atoms with Gasteiger partial charge in [0.2, 0.25) is 0 Å². The molecular formula is C16H25N. The number of benzene rings is 1. The van der Waals surface area contributed by atoms with Gasteiger partial charge in [0.25, 0.3) is 0 Å². The molecule has 1 nitrogen and oxygen atoms in total. The van der Waals surface area contributed by atoms with E-state index in [2.05, 4.69) is 51.2 Å². The molecule has 2 rings (SSSR count). The average molecular weight is 231 g/mol. The molecule has 94 valence electrons. The predicted octanol–water partition coefficient (Wildman–Crippen LogP) is 4.14. The first-order valence-corrected chi connectivity index (χ1v) is 6.89. The highest BCUT2D eigenvalue weighted by Crippen LogP contribution is 2.27. The Morgan fingerprint density at radius 1 is 1.12 bits per heavy atom. The lowest BCUT2D eigenvalue weighted by Crippen LogP contribution is -2.29. The van der Waals surface area contributed by atoms with Crippen molar-refractivity contribution in [2.24, 2.45) is 5.92 Å². The highest BCUT2D eigenvalue weighted by atomic mass is 14.9. The fourth-order valence-electron chi connectivity index (χ4n) is 3.07. The number of hydrogen-bond donors (Lipinski definition) is 1. The van der Waals surface area contributed by atoms with Crippen molar-refractivity contribution in [3.63, 3.8) is 0 Å². The van der Waals surface area contributed by atoms with Crippen LogP contribution in [0.25, 0.3) is 0 Å². The Balaban J connectivity index is 2.01. The Hall–Kier alpha value is -0.820. The summed E-state index contributed by atoms with van der Waals surface area (Å²) in [4.78, 5) is 0. The number of nitrogens with one attached hydrogen (secondary N) is 1. The lowest BCUT2D eigenvalue weighted by molar-refractivity contribution is 0.449. The third kappa shape index (κ3) is 3.32. The number of rotatable bonds is 3. The second kappa shape index (κ2) is 5.22. The van der Waals surface area contributed by atoms with E-state index in [-0.39, 0.29) is 0 Å². The van der Waals surface area contributed by atoms with Crippen LogP contribution >= 0.6 is 0 Å². The number of hydrogen-bond acceptors (Lipinski definition) is 1. The van der Waals surface area contributed by atoms with Crippen LogP contribution in [-0.4, -0.2) is 6.04 Å². The second-order valence-electron chi connectivity index (χ2n) is 5.92. The second-order valence-corrected chi connectivity index (χ2v) is 5.92. The molecule has 1 N–H and O–H groups in total. The van der Waals surface area contributed by atoms with Gasteiger partial charge in [-0.2, -0.15) is 0 Å². The maximum absolute atomic E-state index is 3.78. The summed E-state index contributed by atoms with van der Waals surface area (Å²) in [5.41, 5.74) is 4.17. The van der Waals surface area contributed by atoms with Crippen molar-refractivity contribution in [3.8, 4) is 0 Å². The lowest BCUT2D eigenvalue weighted by Gasteiger charge is -2.20. The standard InChI is InChI=1S/C16H25N/c1-11-5-6-16(10-11)17-14(4)15-8-12(2)7-13(3)9-15/h7-9,11,14,16-17H,5-6,10H2,1-4H3.